The molecule has 19 heavy (non-hydrogen) atoms. The highest BCUT2D eigenvalue weighted by atomic mass is 35.5. The Morgan fingerprint density at radius 2 is 2.37 bits per heavy atom. The fourth-order valence-electron chi connectivity index (χ4n) is 2.25. The Balaban J connectivity index is 0.00000133. The standard InChI is InChI=1S/C12H16N4O2.ClH/c13-9-3-1-5-16(7-9)8-11-14-12(15-18-11)10-4-2-6-17-10;/h2,4,6,9H,1,3,5,7-8,13H2;1H. The van der Waals surface area contributed by atoms with Gasteiger partial charge in [-0.05, 0) is 31.5 Å². The van der Waals surface area contributed by atoms with Crippen molar-refractivity contribution in [3.05, 3.63) is 24.3 Å². The summed E-state index contributed by atoms with van der Waals surface area (Å²) in [5.74, 6) is 1.73. The molecule has 0 radical (unpaired) electrons. The second-order valence-corrected chi connectivity index (χ2v) is 4.63. The van der Waals surface area contributed by atoms with Crippen molar-refractivity contribution in [1.82, 2.24) is 15.0 Å². The van der Waals surface area contributed by atoms with Crippen LogP contribution in [0.5, 0.6) is 0 Å². The van der Waals surface area contributed by atoms with Gasteiger partial charge in [0.1, 0.15) is 0 Å². The maximum absolute atomic E-state index is 5.94. The summed E-state index contributed by atoms with van der Waals surface area (Å²) in [5.41, 5.74) is 5.94. The second-order valence-electron chi connectivity index (χ2n) is 4.63. The molecule has 1 unspecified atom stereocenters. The smallest absolute Gasteiger partial charge is 0.241 e. The van der Waals surface area contributed by atoms with Crippen LogP contribution < -0.4 is 5.73 Å². The Morgan fingerprint density at radius 3 is 3.11 bits per heavy atom. The molecule has 0 aliphatic carbocycles. The van der Waals surface area contributed by atoms with Crippen LogP contribution in [0, 0.1) is 0 Å². The summed E-state index contributed by atoms with van der Waals surface area (Å²) in [7, 11) is 0. The lowest BCUT2D eigenvalue weighted by Crippen LogP contribution is -2.42. The van der Waals surface area contributed by atoms with Crippen LogP contribution in [0.25, 0.3) is 11.6 Å². The van der Waals surface area contributed by atoms with Gasteiger partial charge in [0.2, 0.25) is 11.7 Å². The molecule has 1 atom stereocenters. The van der Waals surface area contributed by atoms with Crippen LogP contribution in [0.15, 0.2) is 27.3 Å². The van der Waals surface area contributed by atoms with E-state index < -0.39 is 0 Å². The van der Waals surface area contributed by atoms with Gasteiger partial charge in [-0.2, -0.15) is 4.98 Å². The van der Waals surface area contributed by atoms with E-state index in [1.807, 2.05) is 6.07 Å². The van der Waals surface area contributed by atoms with Gasteiger partial charge < -0.3 is 14.7 Å². The van der Waals surface area contributed by atoms with E-state index in [4.69, 9.17) is 14.7 Å². The molecule has 7 heteroatoms. The molecular weight excluding hydrogens is 268 g/mol. The minimum atomic E-state index is 0. The van der Waals surface area contributed by atoms with Crippen molar-refractivity contribution < 1.29 is 8.94 Å². The SMILES string of the molecule is Cl.NC1CCCN(Cc2nc(-c3ccco3)no2)C1. The van der Waals surface area contributed by atoms with Crippen molar-refractivity contribution in [2.45, 2.75) is 25.4 Å². The molecule has 0 saturated carbocycles. The predicted molar refractivity (Wildman–Crippen MR) is 71.7 cm³/mol. The van der Waals surface area contributed by atoms with Crippen LogP contribution in [0.3, 0.4) is 0 Å². The first-order valence-electron chi connectivity index (χ1n) is 6.15. The minimum absolute atomic E-state index is 0. The summed E-state index contributed by atoms with van der Waals surface area (Å²) in [6.45, 7) is 2.58. The van der Waals surface area contributed by atoms with E-state index in [0.717, 1.165) is 25.9 Å². The lowest BCUT2D eigenvalue weighted by Gasteiger charge is -2.29. The van der Waals surface area contributed by atoms with E-state index in [0.29, 0.717) is 24.0 Å². The number of nitrogens with two attached hydrogens (primary N) is 1. The summed E-state index contributed by atoms with van der Waals surface area (Å²) in [6, 6.07) is 3.87. The number of hydrogen-bond acceptors (Lipinski definition) is 6. The van der Waals surface area contributed by atoms with Gasteiger partial charge in [0.25, 0.3) is 0 Å². The van der Waals surface area contributed by atoms with Gasteiger partial charge in [0, 0.05) is 12.6 Å². The average molecular weight is 285 g/mol. The molecule has 2 N–H and O–H groups in total. The van der Waals surface area contributed by atoms with Gasteiger partial charge in [-0.25, -0.2) is 0 Å². The van der Waals surface area contributed by atoms with E-state index in [2.05, 4.69) is 15.0 Å². The first-order valence-corrected chi connectivity index (χ1v) is 6.15. The Kier molecular flexibility index (Phi) is 4.57. The molecule has 1 aliphatic rings. The van der Waals surface area contributed by atoms with E-state index in [1.165, 1.54) is 0 Å². The highest BCUT2D eigenvalue weighted by Gasteiger charge is 2.19. The van der Waals surface area contributed by atoms with Gasteiger partial charge in [0.15, 0.2) is 5.76 Å². The number of nitrogens with zero attached hydrogens (tertiary/aromatic N) is 3. The third kappa shape index (κ3) is 3.34. The third-order valence-electron chi connectivity index (χ3n) is 3.11. The van der Waals surface area contributed by atoms with E-state index in [9.17, 15) is 0 Å². The van der Waals surface area contributed by atoms with E-state index in [-0.39, 0.29) is 18.4 Å². The van der Waals surface area contributed by atoms with Crippen molar-refractivity contribution in [2.75, 3.05) is 13.1 Å². The van der Waals surface area contributed by atoms with Crippen LogP contribution in [-0.4, -0.2) is 34.2 Å². The predicted octanol–water partition coefficient (Wildman–Crippen LogP) is 1.67. The molecule has 0 spiro atoms. The van der Waals surface area contributed by atoms with Crippen molar-refractivity contribution in [2.24, 2.45) is 5.73 Å². The molecular formula is C12H17ClN4O2. The zero-order valence-corrected chi connectivity index (χ0v) is 11.3. The molecule has 104 valence electrons. The van der Waals surface area contributed by atoms with Crippen LogP contribution >= 0.6 is 12.4 Å². The van der Waals surface area contributed by atoms with Gasteiger partial charge in [-0.3, -0.25) is 4.90 Å². The van der Waals surface area contributed by atoms with E-state index in [1.54, 1.807) is 12.3 Å². The maximum atomic E-state index is 5.94. The molecule has 6 nitrogen and oxygen atoms in total. The summed E-state index contributed by atoms with van der Waals surface area (Å²) >= 11 is 0. The van der Waals surface area contributed by atoms with Gasteiger partial charge >= 0.3 is 0 Å². The monoisotopic (exact) mass is 284 g/mol. The maximum Gasteiger partial charge on any atom is 0.241 e. The molecule has 1 aliphatic heterocycles. The third-order valence-corrected chi connectivity index (χ3v) is 3.11. The molecule has 2 aromatic rings. The highest BCUT2D eigenvalue weighted by Crippen LogP contribution is 2.17. The van der Waals surface area contributed by atoms with Crippen molar-refractivity contribution in [1.29, 1.82) is 0 Å². The van der Waals surface area contributed by atoms with Crippen molar-refractivity contribution in [3.8, 4) is 11.6 Å². The largest absolute Gasteiger partial charge is 0.461 e. The number of furan rings is 1. The fraction of sp³-hybridized carbons (Fsp3) is 0.500. The van der Waals surface area contributed by atoms with Gasteiger partial charge in [-0.1, -0.05) is 5.16 Å². The Morgan fingerprint density at radius 1 is 1.47 bits per heavy atom. The summed E-state index contributed by atoms with van der Waals surface area (Å²) in [5, 5.41) is 3.91. The summed E-state index contributed by atoms with van der Waals surface area (Å²) in [6.07, 6.45) is 3.81. The Hall–Kier alpha value is -1.37. The van der Waals surface area contributed by atoms with Crippen molar-refractivity contribution >= 4 is 12.4 Å². The quantitative estimate of drug-likeness (QED) is 0.923. The number of hydrogen-bond donors (Lipinski definition) is 1. The summed E-state index contributed by atoms with van der Waals surface area (Å²) in [4.78, 5) is 6.56. The molecule has 1 saturated heterocycles. The first-order chi connectivity index (χ1) is 8.81. The number of piperidine rings is 1. The van der Waals surface area contributed by atoms with Crippen LogP contribution in [0.2, 0.25) is 0 Å². The molecule has 0 aromatic carbocycles. The van der Waals surface area contributed by atoms with Crippen LogP contribution in [0.1, 0.15) is 18.7 Å². The Labute approximate surface area is 117 Å². The van der Waals surface area contributed by atoms with Crippen molar-refractivity contribution in [3.63, 3.8) is 0 Å². The molecule has 2 aromatic heterocycles. The fourth-order valence-corrected chi connectivity index (χ4v) is 2.25. The molecule has 3 rings (SSSR count). The molecule has 1 fully saturated rings. The lowest BCUT2D eigenvalue weighted by molar-refractivity contribution is 0.178. The number of likely N-dealkylation sites (tertiary alicyclic amines) is 1. The second kappa shape index (κ2) is 6.18. The topological polar surface area (TPSA) is 81.3 Å². The van der Waals surface area contributed by atoms with E-state index >= 15 is 0 Å². The Bertz CT molecular complexity index is 500. The number of halogens is 1. The first kappa shape index (κ1) is 14.0. The lowest BCUT2D eigenvalue weighted by atomic mass is 10.1. The zero-order chi connectivity index (χ0) is 12.4. The highest BCUT2D eigenvalue weighted by molar-refractivity contribution is 5.85. The minimum Gasteiger partial charge on any atom is -0.461 e. The zero-order valence-electron chi connectivity index (χ0n) is 10.5. The van der Waals surface area contributed by atoms with Crippen LogP contribution in [-0.2, 0) is 6.54 Å². The van der Waals surface area contributed by atoms with Gasteiger partial charge in [0.05, 0.1) is 12.8 Å². The number of aromatic nitrogens is 2. The average Bonchev–Trinajstić information content (AvgIpc) is 2.98. The molecule has 0 bridgehead atoms. The molecule has 3 heterocycles. The normalized spacial score (nSPS) is 20.2. The molecule has 0 amide bonds. The number of rotatable bonds is 3. The summed E-state index contributed by atoms with van der Waals surface area (Å²) < 4.78 is 10.4. The van der Waals surface area contributed by atoms with Crippen LogP contribution in [0.4, 0.5) is 0 Å². The van der Waals surface area contributed by atoms with Gasteiger partial charge in [-0.15, -0.1) is 12.4 Å².